The van der Waals surface area contributed by atoms with E-state index in [0.29, 0.717) is 5.95 Å². The first kappa shape index (κ1) is 17.2. The van der Waals surface area contributed by atoms with Gasteiger partial charge in [-0.3, -0.25) is 0 Å². The Labute approximate surface area is 149 Å². The summed E-state index contributed by atoms with van der Waals surface area (Å²) in [4.78, 5) is 9.01. The van der Waals surface area contributed by atoms with Crippen LogP contribution < -0.4 is 11.1 Å². The van der Waals surface area contributed by atoms with E-state index in [-0.39, 0.29) is 0 Å². The molecule has 0 aliphatic heterocycles. The average Bonchev–Trinajstić information content (AvgIpc) is 2.60. The molecule has 1 aromatic heterocycles. The Hall–Kier alpha value is -2.68. The molecular weight excluding hydrogens is 324 g/mol. The molecule has 25 heavy (non-hydrogen) atoms. The van der Waals surface area contributed by atoms with Gasteiger partial charge in [0.15, 0.2) is 0 Å². The molecule has 0 fully saturated rings. The quantitative estimate of drug-likeness (QED) is 0.564. The first-order chi connectivity index (χ1) is 11.9. The summed E-state index contributed by atoms with van der Waals surface area (Å²) in [5.74, 6) is 3.87. The van der Waals surface area contributed by atoms with Crippen molar-refractivity contribution in [2.24, 2.45) is 0 Å². The topological polar surface area (TPSA) is 65.5 Å². The molecule has 126 valence electrons. The van der Waals surface area contributed by atoms with Crippen LogP contribution >= 0.6 is 0 Å². The normalized spacial score (nSPS) is 11.0. The number of hydrogen-bond acceptors (Lipinski definition) is 3. The highest BCUT2D eigenvalue weighted by Gasteiger charge is 2.07. The Morgan fingerprint density at radius 3 is 2.52 bits per heavy atom. The Morgan fingerprint density at radius 2 is 1.84 bits per heavy atom. The number of benzene rings is 2. The Morgan fingerprint density at radius 1 is 1.08 bits per heavy atom. The third kappa shape index (κ3) is 4.66. The van der Waals surface area contributed by atoms with E-state index in [1.54, 1.807) is 0 Å². The van der Waals surface area contributed by atoms with Crippen LogP contribution in [0.15, 0.2) is 48.7 Å². The van der Waals surface area contributed by atoms with Gasteiger partial charge < -0.3 is 11.1 Å². The van der Waals surface area contributed by atoms with Crippen LogP contribution in [0.1, 0.15) is 11.1 Å². The van der Waals surface area contributed by atoms with Gasteiger partial charge >= 0.3 is 0 Å². The lowest BCUT2D eigenvalue weighted by Crippen LogP contribution is -2.47. The zero-order valence-electron chi connectivity index (χ0n) is 14.9. The van der Waals surface area contributed by atoms with Gasteiger partial charge in [0, 0.05) is 28.4 Å². The van der Waals surface area contributed by atoms with Crippen LogP contribution in [0, 0.1) is 11.5 Å². The molecule has 3 aromatic rings. The molecule has 0 radical (unpaired) electrons. The van der Waals surface area contributed by atoms with Crippen LogP contribution in [-0.2, 0) is 6.54 Å². The van der Waals surface area contributed by atoms with Crippen molar-refractivity contribution in [2.45, 2.75) is 26.2 Å². The van der Waals surface area contributed by atoms with E-state index in [1.165, 1.54) is 5.56 Å². The van der Waals surface area contributed by atoms with Crippen LogP contribution in [0.4, 0.5) is 11.6 Å². The SMILES string of the molecule is C[Si](C)(C)C#Cc1ccc2nc(Nc3ccc(C[NH3+])cc3)ncc2c1. The van der Waals surface area contributed by atoms with Gasteiger partial charge in [-0.25, -0.2) is 9.97 Å². The molecule has 0 atom stereocenters. The lowest BCUT2D eigenvalue weighted by Gasteiger charge is -2.07. The lowest BCUT2D eigenvalue weighted by atomic mass is 10.1. The molecule has 0 aliphatic rings. The maximum absolute atomic E-state index is 4.59. The number of nitrogens with zero attached hydrogens (tertiary/aromatic N) is 2. The maximum atomic E-state index is 4.59. The van der Waals surface area contributed by atoms with Gasteiger partial charge in [-0.05, 0) is 30.3 Å². The Kier molecular flexibility index (Phi) is 4.84. The third-order valence-electron chi connectivity index (χ3n) is 3.66. The zero-order chi connectivity index (χ0) is 17.9. The smallest absolute Gasteiger partial charge is 0.227 e. The molecule has 0 amide bonds. The number of anilines is 2. The van der Waals surface area contributed by atoms with Gasteiger partial charge in [0.2, 0.25) is 5.95 Å². The predicted octanol–water partition coefficient (Wildman–Crippen LogP) is 3.34. The molecular formula is C20H23N4Si+. The summed E-state index contributed by atoms with van der Waals surface area (Å²) in [5, 5.41) is 4.24. The van der Waals surface area contributed by atoms with E-state index >= 15 is 0 Å². The van der Waals surface area contributed by atoms with E-state index in [2.05, 4.69) is 70.3 Å². The molecule has 0 unspecified atom stereocenters. The highest BCUT2D eigenvalue weighted by Crippen LogP contribution is 2.18. The van der Waals surface area contributed by atoms with E-state index in [9.17, 15) is 0 Å². The van der Waals surface area contributed by atoms with Gasteiger partial charge in [0.05, 0.1) is 12.1 Å². The second kappa shape index (κ2) is 7.05. The molecule has 3 rings (SSSR count). The highest BCUT2D eigenvalue weighted by atomic mass is 28.3. The lowest BCUT2D eigenvalue weighted by molar-refractivity contribution is -0.386. The van der Waals surface area contributed by atoms with Crippen LogP contribution in [0.2, 0.25) is 19.6 Å². The fourth-order valence-electron chi connectivity index (χ4n) is 2.31. The van der Waals surface area contributed by atoms with Crippen LogP contribution in [0.5, 0.6) is 0 Å². The van der Waals surface area contributed by atoms with Crippen LogP contribution in [0.3, 0.4) is 0 Å². The summed E-state index contributed by atoms with van der Waals surface area (Å²) in [6, 6.07) is 14.2. The van der Waals surface area contributed by atoms with Crippen molar-refractivity contribution in [1.82, 2.24) is 9.97 Å². The molecule has 0 aliphatic carbocycles. The number of fused-ring (bicyclic) bond motifs is 1. The number of aromatic nitrogens is 2. The second-order valence-electron chi connectivity index (χ2n) is 7.04. The van der Waals surface area contributed by atoms with E-state index in [0.717, 1.165) is 28.7 Å². The molecule has 1 heterocycles. The molecule has 5 heteroatoms. The van der Waals surface area contributed by atoms with Crippen molar-refractivity contribution in [1.29, 1.82) is 0 Å². The first-order valence-electron chi connectivity index (χ1n) is 8.38. The summed E-state index contributed by atoms with van der Waals surface area (Å²) in [6.07, 6.45) is 1.84. The number of rotatable bonds is 3. The zero-order valence-corrected chi connectivity index (χ0v) is 15.9. The van der Waals surface area contributed by atoms with Crippen LogP contribution in [-0.4, -0.2) is 18.0 Å². The molecule has 4 N–H and O–H groups in total. The Bertz CT molecular complexity index is 947. The van der Waals surface area contributed by atoms with Gasteiger partial charge in [-0.15, -0.1) is 5.54 Å². The summed E-state index contributed by atoms with van der Waals surface area (Å²) < 4.78 is 0. The summed E-state index contributed by atoms with van der Waals surface area (Å²) >= 11 is 0. The van der Waals surface area contributed by atoms with Crippen molar-refractivity contribution in [3.05, 3.63) is 59.8 Å². The summed E-state index contributed by atoms with van der Waals surface area (Å²) in [7, 11) is -1.37. The Balaban J connectivity index is 1.83. The predicted molar refractivity (Wildman–Crippen MR) is 106 cm³/mol. The van der Waals surface area contributed by atoms with Crippen molar-refractivity contribution in [3.8, 4) is 11.5 Å². The van der Waals surface area contributed by atoms with E-state index < -0.39 is 8.07 Å². The number of nitrogens with one attached hydrogen (secondary N) is 1. The molecule has 0 saturated heterocycles. The van der Waals surface area contributed by atoms with Gasteiger partial charge in [0.1, 0.15) is 8.07 Å². The van der Waals surface area contributed by atoms with E-state index in [4.69, 9.17) is 0 Å². The summed E-state index contributed by atoms with van der Waals surface area (Å²) in [6.45, 7) is 7.51. The molecule has 0 bridgehead atoms. The minimum absolute atomic E-state index is 0.593. The van der Waals surface area contributed by atoms with Gasteiger partial charge in [-0.1, -0.05) is 37.7 Å². The summed E-state index contributed by atoms with van der Waals surface area (Å²) in [5.41, 5.74) is 11.4. The minimum atomic E-state index is -1.37. The van der Waals surface area contributed by atoms with Crippen molar-refractivity contribution >= 4 is 30.6 Å². The molecule has 2 aromatic carbocycles. The first-order valence-corrected chi connectivity index (χ1v) is 11.9. The highest BCUT2D eigenvalue weighted by molar-refractivity contribution is 6.83. The molecule has 4 nitrogen and oxygen atoms in total. The van der Waals surface area contributed by atoms with E-state index in [1.807, 2.05) is 30.5 Å². The largest absolute Gasteiger partial charge is 0.354 e. The van der Waals surface area contributed by atoms with Crippen molar-refractivity contribution in [3.63, 3.8) is 0 Å². The van der Waals surface area contributed by atoms with Crippen molar-refractivity contribution < 1.29 is 5.73 Å². The van der Waals surface area contributed by atoms with Gasteiger partial charge in [0.25, 0.3) is 0 Å². The molecule has 0 saturated carbocycles. The standard InChI is InChI=1S/C20H22N4Si/c1-25(2,3)11-10-15-6-9-19-17(12-15)14-22-20(24-19)23-18-7-4-16(13-21)5-8-18/h4-9,12,14H,13,21H2,1-3H3,(H,22,23,24)/p+1. The van der Waals surface area contributed by atoms with Crippen LogP contribution in [0.25, 0.3) is 10.9 Å². The second-order valence-corrected chi connectivity index (χ2v) is 11.8. The average molecular weight is 348 g/mol. The third-order valence-corrected chi connectivity index (χ3v) is 4.54. The fourth-order valence-corrected chi connectivity index (χ4v) is 2.83. The number of quaternary nitrogens is 1. The van der Waals surface area contributed by atoms with Gasteiger partial charge in [-0.2, -0.15) is 0 Å². The minimum Gasteiger partial charge on any atom is -0.354 e. The monoisotopic (exact) mass is 347 g/mol. The maximum Gasteiger partial charge on any atom is 0.227 e. The molecule has 0 spiro atoms. The number of hydrogen-bond donors (Lipinski definition) is 2. The fraction of sp³-hybridized carbons (Fsp3) is 0.200. The van der Waals surface area contributed by atoms with Crippen molar-refractivity contribution in [2.75, 3.05) is 5.32 Å².